The number of rotatable bonds is 2. The molecule has 0 saturated heterocycles. The van der Waals surface area contributed by atoms with E-state index in [2.05, 4.69) is 31.1 Å². The lowest BCUT2D eigenvalue weighted by atomic mass is 9.87. The molecule has 0 radical (unpaired) electrons. The summed E-state index contributed by atoms with van der Waals surface area (Å²) in [6.07, 6.45) is 0. The van der Waals surface area contributed by atoms with Crippen molar-refractivity contribution in [2.24, 2.45) is 0 Å². The number of nitrogens with zero attached hydrogens (tertiary/aromatic N) is 1. The second kappa shape index (κ2) is 5.33. The summed E-state index contributed by atoms with van der Waals surface area (Å²) in [4.78, 5) is 16.0. The molecular weight excluding hydrogens is 250 g/mol. The Morgan fingerprint density at radius 3 is 2.30 bits per heavy atom. The lowest BCUT2D eigenvalue weighted by molar-refractivity contribution is 0.102. The molecule has 0 spiro atoms. The lowest BCUT2D eigenvalue weighted by Crippen LogP contribution is -2.15. The molecule has 2 aromatic rings. The highest BCUT2D eigenvalue weighted by atomic mass is 16.1. The first-order valence-corrected chi connectivity index (χ1v) is 6.51. The van der Waals surface area contributed by atoms with E-state index in [4.69, 9.17) is 5.73 Å². The van der Waals surface area contributed by atoms with Gasteiger partial charge in [-0.05, 0) is 35.2 Å². The van der Waals surface area contributed by atoms with Gasteiger partial charge in [0.25, 0.3) is 5.91 Å². The van der Waals surface area contributed by atoms with Crippen molar-refractivity contribution in [2.75, 3.05) is 11.1 Å². The molecule has 0 unspecified atom stereocenters. The number of carbonyl (C=O) groups excluding carboxylic acids is 1. The van der Waals surface area contributed by atoms with Gasteiger partial charge >= 0.3 is 0 Å². The molecular formula is C16H19N3O. The highest BCUT2D eigenvalue weighted by Crippen LogP contribution is 2.23. The van der Waals surface area contributed by atoms with Crippen molar-refractivity contribution in [3.63, 3.8) is 0 Å². The summed E-state index contributed by atoms with van der Waals surface area (Å²) in [6.45, 7) is 6.45. The normalized spacial score (nSPS) is 11.2. The van der Waals surface area contributed by atoms with E-state index in [0.29, 0.717) is 11.5 Å². The van der Waals surface area contributed by atoms with Gasteiger partial charge in [0.1, 0.15) is 11.5 Å². The number of aromatic nitrogens is 1. The number of nitrogens with one attached hydrogen (secondary N) is 1. The van der Waals surface area contributed by atoms with E-state index in [-0.39, 0.29) is 11.3 Å². The Bertz CT molecular complexity index is 612. The van der Waals surface area contributed by atoms with Crippen LogP contribution in [-0.4, -0.2) is 10.9 Å². The average Bonchev–Trinajstić information content (AvgIpc) is 2.38. The monoisotopic (exact) mass is 269 g/mol. The number of hydrogen-bond acceptors (Lipinski definition) is 3. The molecule has 0 aliphatic heterocycles. The van der Waals surface area contributed by atoms with Gasteiger partial charge in [-0.15, -0.1) is 0 Å². The van der Waals surface area contributed by atoms with E-state index >= 15 is 0 Å². The van der Waals surface area contributed by atoms with Crippen molar-refractivity contribution in [1.82, 2.24) is 4.98 Å². The number of amides is 1. The van der Waals surface area contributed by atoms with Gasteiger partial charge in [0.15, 0.2) is 0 Å². The molecule has 0 aliphatic rings. The molecule has 2 rings (SSSR count). The van der Waals surface area contributed by atoms with E-state index in [1.807, 2.05) is 24.3 Å². The van der Waals surface area contributed by atoms with Crippen molar-refractivity contribution in [2.45, 2.75) is 26.2 Å². The van der Waals surface area contributed by atoms with Gasteiger partial charge in [-0.25, -0.2) is 4.98 Å². The van der Waals surface area contributed by atoms with Crippen molar-refractivity contribution in [3.05, 3.63) is 53.7 Å². The van der Waals surface area contributed by atoms with E-state index in [1.54, 1.807) is 18.2 Å². The topological polar surface area (TPSA) is 68.0 Å². The van der Waals surface area contributed by atoms with Crippen LogP contribution in [-0.2, 0) is 5.41 Å². The fourth-order valence-corrected chi connectivity index (χ4v) is 1.83. The van der Waals surface area contributed by atoms with E-state index in [1.165, 1.54) is 5.56 Å². The number of anilines is 2. The van der Waals surface area contributed by atoms with E-state index in [9.17, 15) is 4.79 Å². The molecule has 4 heteroatoms. The first-order chi connectivity index (χ1) is 9.36. The van der Waals surface area contributed by atoms with Gasteiger partial charge in [-0.2, -0.15) is 0 Å². The molecule has 0 aliphatic carbocycles. The van der Waals surface area contributed by atoms with Crippen LogP contribution in [0.15, 0.2) is 42.5 Å². The van der Waals surface area contributed by atoms with Crippen LogP contribution >= 0.6 is 0 Å². The van der Waals surface area contributed by atoms with E-state index in [0.717, 1.165) is 5.69 Å². The second-order valence-corrected chi connectivity index (χ2v) is 5.73. The second-order valence-electron chi connectivity index (χ2n) is 5.73. The zero-order chi connectivity index (χ0) is 14.8. The predicted molar refractivity (Wildman–Crippen MR) is 81.7 cm³/mol. The molecule has 0 bridgehead atoms. The van der Waals surface area contributed by atoms with Gasteiger partial charge in [0.05, 0.1) is 0 Å². The molecule has 1 heterocycles. The van der Waals surface area contributed by atoms with Crippen molar-refractivity contribution < 1.29 is 4.79 Å². The van der Waals surface area contributed by atoms with Crippen molar-refractivity contribution in [3.8, 4) is 0 Å². The maximum absolute atomic E-state index is 12.0. The van der Waals surface area contributed by atoms with Crippen LogP contribution in [0.1, 0.15) is 36.8 Å². The smallest absolute Gasteiger partial charge is 0.274 e. The molecule has 1 aromatic carbocycles. The Morgan fingerprint density at radius 1 is 1.10 bits per heavy atom. The van der Waals surface area contributed by atoms with Crippen LogP contribution in [0.2, 0.25) is 0 Å². The van der Waals surface area contributed by atoms with Crippen LogP contribution < -0.4 is 11.1 Å². The fraction of sp³-hybridized carbons (Fsp3) is 0.250. The third-order valence-corrected chi connectivity index (χ3v) is 3.01. The Kier molecular flexibility index (Phi) is 3.74. The summed E-state index contributed by atoms with van der Waals surface area (Å²) in [7, 11) is 0. The van der Waals surface area contributed by atoms with Crippen molar-refractivity contribution >= 4 is 17.4 Å². The van der Waals surface area contributed by atoms with Crippen LogP contribution in [0.3, 0.4) is 0 Å². The molecule has 0 fully saturated rings. The minimum Gasteiger partial charge on any atom is -0.384 e. The summed E-state index contributed by atoms with van der Waals surface area (Å²) in [5, 5.41) is 2.81. The molecule has 104 valence electrons. The van der Waals surface area contributed by atoms with Gasteiger partial charge in [-0.3, -0.25) is 4.79 Å². The molecule has 0 atom stereocenters. The maximum atomic E-state index is 12.0. The number of nitrogen functional groups attached to an aromatic ring is 1. The summed E-state index contributed by atoms with van der Waals surface area (Å²) < 4.78 is 0. The first kappa shape index (κ1) is 14.1. The molecule has 0 saturated carbocycles. The van der Waals surface area contributed by atoms with Crippen LogP contribution in [0, 0.1) is 0 Å². The molecule has 20 heavy (non-hydrogen) atoms. The Labute approximate surface area is 119 Å². The largest absolute Gasteiger partial charge is 0.384 e. The number of hydrogen-bond donors (Lipinski definition) is 2. The van der Waals surface area contributed by atoms with Gasteiger partial charge in [0, 0.05) is 5.69 Å². The average molecular weight is 269 g/mol. The molecule has 3 N–H and O–H groups in total. The zero-order valence-electron chi connectivity index (χ0n) is 12.0. The molecule has 1 amide bonds. The SMILES string of the molecule is CC(C)(C)c1ccc(NC(=O)c2cccc(N)n2)cc1. The quantitative estimate of drug-likeness (QED) is 0.879. The van der Waals surface area contributed by atoms with Crippen molar-refractivity contribution in [1.29, 1.82) is 0 Å². The third-order valence-electron chi connectivity index (χ3n) is 3.01. The summed E-state index contributed by atoms with van der Waals surface area (Å²) in [5.74, 6) is 0.0709. The van der Waals surface area contributed by atoms with E-state index < -0.39 is 0 Å². The number of nitrogens with two attached hydrogens (primary N) is 1. The number of carbonyl (C=O) groups is 1. The highest BCUT2D eigenvalue weighted by Gasteiger charge is 2.13. The standard InChI is InChI=1S/C16H19N3O/c1-16(2,3)11-7-9-12(10-8-11)18-15(20)13-5-4-6-14(17)19-13/h4-10H,1-3H3,(H2,17,19)(H,18,20). The van der Waals surface area contributed by atoms with Gasteiger partial charge in [-0.1, -0.05) is 39.0 Å². The summed E-state index contributed by atoms with van der Waals surface area (Å²) >= 11 is 0. The molecule has 4 nitrogen and oxygen atoms in total. The minimum absolute atomic E-state index is 0.0952. The maximum Gasteiger partial charge on any atom is 0.274 e. The zero-order valence-corrected chi connectivity index (χ0v) is 12.0. The Balaban J connectivity index is 2.12. The number of pyridine rings is 1. The van der Waals surface area contributed by atoms with Crippen LogP contribution in [0.5, 0.6) is 0 Å². The predicted octanol–water partition coefficient (Wildman–Crippen LogP) is 3.21. The number of benzene rings is 1. The first-order valence-electron chi connectivity index (χ1n) is 6.51. The Morgan fingerprint density at radius 2 is 1.75 bits per heavy atom. The Hall–Kier alpha value is -2.36. The highest BCUT2D eigenvalue weighted by molar-refractivity contribution is 6.03. The third kappa shape index (κ3) is 3.35. The lowest BCUT2D eigenvalue weighted by Gasteiger charge is -2.19. The van der Waals surface area contributed by atoms with Gasteiger partial charge in [0.2, 0.25) is 0 Å². The summed E-state index contributed by atoms with van der Waals surface area (Å²) in [6, 6.07) is 12.8. The van der Waals surface area contributed by atoms with Crippen LogP contribution in [0.25, 0.3) is 0 Å². The van der Waals surface area contributed by atoms with Crippen LogP contribution in [0.4, 0.5) is 11.5 Å². The fourth-order valence-electron chi connectivity index (χ4n) is 1.83. The minimum atomic E-state index is -0.263. The van der Waals surface area contributed by atoms with Gasteiger partial charge < -0.3 is 11.1 Å². The molecule has 1 aromatic heterocycles. The summed E-state index contributed by atoms with van der Waals surface area (Å²) in [5.41, 5.74) is 7.93.